The third kappa shape index (κ3) is 7.72. The summed E-state index contributed by atoms with van der Waals surface area (Å²) in [5.41, 5.74) is 3.95. The molecule has 1 aliphatic carbocycles. The van der Waals surface area contributed by atoms with Gasteiger partial charge in [0.1, 0.15) is 11.7 Å². The van der Waals surface area contributed by atoms with E-state index >= 15 is 0 Å². The van der Waals surface area contributed by atoms with Crippen molar-refractivity contribution in [3.05, 3.63) is 75.2 Å². The molecule has 8 rings (SSSR count). The summed E-state index contributed by atoms with van der Waals surface area (Å²) in [5.74, 6) is -0.105. The van der Waals surface area contributed by atoms with E-state index in [4.69, 9.17) is 4.98 Å². The quantitative estimate of drug-likeness (QED) is 0.165. The molecule has 3 fully saturated rings. The van der Waals surface area contributed by atoms with Crippen LogP contribution in [0.25, 0.3) is 21.3 Å². The lowest BCUT2D eigenvalue weighted by molar-refractivity contribution is -0.135. The fourth-order valence-corrected chi connectivity index (χ4v) is 10.3. The molecule has 2 aromatic carbocycles. The number of nitrogens with zero attached hydrogens (tertiary/aromatic N) is 7. The zero-order valence-corrected chi connectivity index (χ0v) is 34.1. The summed E-state index contributed by atoms with van der Waals surface area (Å²) < 4.78 is 4.18. The smallest absolute Gasteiger partial charge is 0.329 e. The molecule has 15 heteroatoms. The highest BCUT2D eigenvalue weighted by Gasteiger charge is 2.34. The Morgan fingerprint density at radius 1 is 1.04 bits per heavy atom. The minimum absolute atomic E-state index is 0.215. The minimum atomic E-state index is -1.19. The number of aromatic nitrogens is 5. The first-order chi connectivity index (χ1) is 27.2. The van der Waals surface area contributed by atoms with Crippen LogP contribution in [0, 0.1) is 12.8 Å². The maximum Gasteiger partial charge on any atom is 0.329 e. The van der Waals surface area contributed by atoms with Crippen LogP contribution in [0.3, 0.4) is 0 Å². The van der Waals surface area contributed by atoms with Crippen LogP contribution in [0.1, 0.15) is 104 Å². The lowest BCUT2D eigenvalue weighted by Gasteiger charge is -2.40. The molecule has 1 unspecified atom stereocenters. The number of hydrogen-bond acceptors (Lipinski definition) is 11. The average molecular weight is 794 g/mol. The first-order valence-corrected chi connectivity index (χ1v) is 20.8. The lowest BCUT2D eigenvalue weighted by Crippen LogP contribution is -2.45. The number of carbonyl (C=O) groups excluding carboxylic acids is 3. The molecule has 5 aromatic rings. The van der Waals surface area contributed by atoms with Crippen LogP contribution in [0.5, 0.6) is 0 Å². The number of aryl methyl sites for hydroxylation is 2. The van der Waals surface area contributed by atoms with Crippen LogP contribution < -0.4 is 21.2 Å². The number of aliphatic hydroxyl groups is 1. The van der Waals surface area contributed by atoms with Gasteiger partial charge in [-0.25, -0.2) is 14.8 Å². The number of rotatable bonds is 9. The van der Waals surface area contributed by atoms with Gasteiger partial charge in [-0.3, -0.25) is 33.8 Å². The maximum absolute atomic E-state index is 13.5. The van der Waals surface area contributed by atoms with Crippen molar-refractivity contribution in [1.29, 1.82) is 0 Å². The molecule has 57 heavy (non-hydrogen) atoms. The number of piperidine rings is 2. The van der Waals surface area contributed by atoms with Gasteiger partial charge in [0.2, 0.25) is 11.8 Å². The standard InChI is InChI=1S/C42H51N9O5S/c1-24-21-43-22-31(44-24)38(53)45-29-20-35-30(19-28(29)42(2,3)56)46-40(57-35)26-11-9-25(10-12-26)23-48(4)27-15-17-50(18-16-27)32-7-6-8-33-37(32)49(5)41(55)51(33)34-13-14-36(52)47-39(34)54/h6-8,19-22,25-27,34,56H,9-18,23H2,1-5H3,(H,45,53)(H,47,52,54). The maximum atomic E-state index is 13.5. The number of hydrogen-bond donors (Lipinski definition) is 3. The van der Waals surface area contributed by atoms with E-state index in [0.29, 0.717) is 41.2 Å². The van der Waals surface area contributed by atoms with Crippen molar-refractivity contribution >= 4 is 61.7 Å². The van der Waals surface area contributed by atoms with Crippen LogP contribution in [0.2, 0.25) is 0 Å². The molecule has 3 N–H and O–H groups in total. The van der Waals surface area contributed by atoms with Crippen molar-refractivity contribution in [2.24, 2.45) is 13.0 Å². The SMILES string of the molecule is Cc1cncc(C(=O)Nc2cc3sc(C4CCC(CN(C)C5CCN(c6cccc7c6n(C)c(=O)n7C6CCC(=O)NC6=O)CC5)CC4)nc3cc2C(C)(C)O)n1. The second kappa shape index (κ2) is 15.4. The van der Waals surface area contributed by atoms with Gasteiger partial charge < -0.3 is 20.2 Å². The second-order valence-electron chi connectivity index (χ2n) is 16.7. The molecule has 2 saturated heterocycles. The number of amides is 3. The normalized spacial score (nSPS) is 21.1. The zero-order valence-electron chi connectivity index (χ0n) is 33.2. The fourth-order valence-electron chi connectivity index (χ4n) is 9.13. The molecular weight excluding hydrogens is 743 g/mol. The number of nitrogens with one attached hydrogen (secondary N) is 2. The van der Waals surface area contributed by atoms with E-state index in [-0.39, 0.29) is 29.6 Å². The molecule has 3 aliphatic rings. The summed E-state index contributed by atoms with van der Waals surface area (Å²) in [5, 5.41) is 17.5. The number of imidazole rings is 1. The van der Waals surface area contributed by atoms with E-state index < -0.39 is 17.6 Å². The summed E-state index contributed by atoms with van der Waals surface area (Å²) in [6.45, 7) is 8.01. The number of thiazole rings is 1. The Balaban J connectivity index is 0.883. The topological polar surface area (TPSA) is 168 Å². The fraction of sp³-hybridized carbons (Fsp3) is 0.500. The summed E-state index contributed by atoms with van der Waals surface area (Å²) in [6.07, 6.45) is 10.0. The highest BCUT2D eigenvalue weighted by molar-refractivity contribution is 7.18. The van der Waals surface area contributed by atoms with Crippen LogP contribution in [-0.4, -0.2) is 84.5 Å². The predicted molar refractivity (Wildman–Crippen MR) is 221 cm³/mol. The molecule has 0 radical (unpaired) electrons. The van der Waals surface area contributed by atoms with Gasteiger partial charge in [-0.05, 0) is 103 Å². The van der Waals surface area contributed by atoms with Crippen LogP contribution in [0.4, 0.5) is 11.4 Å². The first kappa shape index (κ1) is 38.9. The van der Waals surface area contributed by atoms with Crippen molar-refractivity contribution in [3.63, 3.8) is 0 Å². The van der Waals surface area contributed by atoms with E-state index in [1.165, 1.54) is 6.20 Å². The minimum Gasteiger partial charge on any atom is -0.386 e. The Morgan fingerprint density at radius 2 is 1.79 bits per heavy atom. The van der Waals surface area contributed by atoms with Gasteiger partial charge in [0.05, 0.1) is 49.4 Å². The average Bonchev–Trinajstić information content (AvgIpc) is 3.72. The molecular formula is C42H51N9O5S. The highest BCUT2D eigenvalue weighted by atomic mass is 32.1. The number of fused-ring (bicyclic) bond motifs is 2. The lowest BCUT2D eigenvalue weighted by atomic mass is 9.82. The Labute approximate surface area is 335 Å². The van der Waals surface area contributed by atoms with Crippen molar-refractivity contribution in [2.75, 3.05) is 36.9 Å². The molecule has 300 valence electrons. The number of para-hydroxylation sites is 1. The summed E-state index contributed by atoms with van der Waals surface area (Å²) in [4.78, 5) is 69.5. The summed E-state index contributed by atoms with van der Waals surface area (Å²) >= 11 is 1.67. The predicted octanol–water partition coefficient (Wildman–Crippen LogP) is 5.38. The number of imide groups is 1. The van der Waals surface area contributed by atoms with Gasteiger partial charge in [-0.15, -0.1) is 11.3 Å². The Hall–Kier alpha value is -4.99. The third-order valence-electron chi connectivity index (χ3n) is 12.2. The molecule has 0 bridgehead atoms. The van der Waals surface area contributed by atoms with Gasteiger partial charge in [-0.2, -0.15) is 0 Å². The van der Waals surface area contributed by atoms with E-state index in [0.717, 1.165) is 90.1 Å². The Morgan fingerprint density at radius 3 is 2.49 bits per heavy atom. The highest BCUT2D eigenvalue weighted by Crippen LogP contribution is 2.42. The van der Waals surface area contributed by atoms with Gasteiger partial charge in [0.15, 0.2) is 0 Å². The number of anilines is 2. The van der Waals surface area contributed by atoms with Crippen molar-refractivity contribution < 1.29 is 19.5 Å². The summed E-state index contributed by atoms with van der Waals surface area (Å²) in [7, 11) is 4.02. The van der Waals surface area contributed by atoms with Crippen molar-refractivity contribution in [2.45, 2.75) is 95.7 Å². The van der Waals surface area contributed by atoms with E-state index in [9.17, 15) is 24.3 Å². The molecule has 1 saturated carbocycles. The van der Waals surface area contributed by atoms with Crippen LogP contribution in [-0.2, 0) is 22.2 Å². The second-order valence-corrected chi connectivity index (χ2v) is 17.7. The van der Waals surface area contributed by atoms with Gasteiger partial charge >= 0.3 is 5.69 Å². The molecule has 3 aromatic heterocycles. The molecule has 3 amide bonds. The van der Waals surface area contributed by atoms with Gasteiger partial charge in [0, 0.05) is 62.5 Å². The number of carbonyl (C=O) groups is 3. The van der Waals surface area contributed by atoms with Crippen LogP contribution in [0.15, 0.2) is 47.5 Å². The van der Waals surface area contributed by atoms with Crippen LogP contribution >= 0.6 is 11.3 Å². The van der Waals surface area contributed by atoms with Gasteiger partial charge in [0.25, 0.3) is 5.91 Å². The van der Waals surface area contributed by atoms with Crippen molar-refractivity contribution in [3.8, 4) is 0 Å². The number of benzene rings is 2. The molecule has 0 spiro atoms. The summed E-state index contributed by atoms with van der Waals surface area (Å²) in [6, 6.07) is 9.51. The molecule has 14 nitrogen and oxygen atoms in total. The van der Waals surface area contributed by atoms with E-state index in [2.05, 4.69) is 43.5 Å². The third-order valence-corrected chi connectivity index (χ3v) is 13.4. The van der Waals surface area contributed by atoms with E-state index in [1.54, 1.807) is 54.5 Å². The molecule has 1 atom stereocenters. The zero-order chi connectivity index (χ0) is 40.2. The largest absolute Gasteiger partial charge is 0.386 e. The Kier molecular flexibility index (Phi) is 10.5. The molecule has 2 aliphatic heterocycles. The van der Waals surface area contributed by atoms with Crippen molar-refractivity contribution in [1.82, 2.24) is 34.3 Å². The Bertz CT molecular complexity index is 2410. The monoisotopic (exact) mass is 793 g/mol. The first-order valence-electron chi connectivity index (χ1n) is 20.0. The molecule has 5 heterocycles. The van der Waals surface area contributed by atoms with E-state index in [1.807, 2.05) is 24.3 Å². The van der Waals surface area contributed by atoms with Gasteiger partial charge in [-0.1, -0.05) is 6.07 Å².